The van der Waals surface area contributed by atoms with Crippen molar-refractivity contribution in [1.82, 2.24) is 0 Å². The molecule has 1 rings (SSSR count). The summed E-state index contributed by atoms with van der Waals surface area (Å²) in [5.74, 6) is -2.92. The molecule has 0 bridgehead atoms. The maximum absolute atomic E-state index is 12.7. The first-order valence-corrected chi connectivity index (χ1v) is 4.27. The van der Waals surface area contributed by atoms with Crippen molar-refractivity contribution in [1.29, 1.82) is 0 Å². The van der Waals surface area contributed by atoms with Crippen LogP contribution in [-0.4, -0.2) is 17.6 Å². The Morgan fingerprint density at radius 2 is 2.00 bits per heavy atom. The van der Waals surface area contributed by atoms with E-state index in [1.54, 1.807) is 0 Å². The smallest absolute Gasteiger partial charge is 0.123 e. The Morgan fingerprint density at radius 1 is 1.31 bits per heavy atom. The van der Waals surface area contributed by atoms with Crippen LogP contribution in [0.4, 0.5) is 4.39 Å². The van der Waals surface area contributed by atoms with E-state index in [2.05, 4.69) is 10.2 Å². The van der Waals surface area contributed by atoms with Crippen LogP contribution in [0.25, 0.3) is 0 Å². The summed E-state index contributed by atoms with van der Waals surface area (Å²) in [6.07, 6.45) is 0. The molecule has 84 valence electrons. The van der Waals surface area contributed by atoms with Crippen molar-refractivity contribution in [3.8, 4) is 0 Å². The van der Waals surface area contributed by atoms with E-state index in [-0.39, 0.29) is 5.56 Å². The number of benzene rings is 1. The average Bonchev–Trinajstić information content (AvgIpc) is 2.25. The van der Waals surface area contributed by atoms with Gasteiger partial charge in [0.05, 0.1) is 11.7 Å². The molecular formula is C10H7FN2O3-2. The molecule has 5 nitrogen and oxygen atoms in total. The number of hydrogen-bond donors (Lipinski definition) is 0. The Balaban J connectivity index is 2.94. The Bertz CT molecular complexity index is 469. The number of carbonyl (C=O) groups is 1. The molecule has 1 aromatic carbocycles. The minimum Gasteiger partial charge on any atom is -0.857 e. The van der Waals surface area contributed by atoms with Crippen LogP contribution < -0.4 is 10.2 Å². The lowest BCUT2D eigenvalue weighted by molar-refractivity contribution is -0.294. The summed E-state index contributed by atoms with van der Waals surface area (Å²) in [4.78, 5) is 10.2. The average molecular weight is 222 g/mol. The second-order valence-corrected chi connectivity index (χ2v) is 2.89. The molecule has 6 heteroatoms. The Kier molecular flexibility index (Phi) is 3.71. The zero-order chi connectivity index (χ0) is 12.1. The lowest BCUT2D eigenvalue weighted by Crippen LogP contribution is -2.29. The summed E-state index contributed by atoms with van der Waals surface area (Å²) in [5.41, 5.74) is -0.431. The highest BCUT2D eigenvalue weighted by molar-refractivity contribution is 6.33. The molecule has 0 saturated carbocycles. The van der Waals surface area contributed by atoms with Crippen LogP contribution in [0.15, 0.2) is 34.5 Å². The summed E-state index contributed by atoms with van der Waals surface area (Å²) < 4.78 is 12.7. The molecule has 0 heterocycles. The summed E-state index contributed by atoms with van der Waals surface area (Å²) in [5, 5.41) is 27.8. The van der Waals surface area contributed by atoms with E-state index >= 15 is 0 Å². The van der Waals surface area contributed by atoms with E-state index in [9.17, 15) is 19.4 Å². The fraction of sp³-hybridized carbons (Fsp3) is 0.100. The van der Waals surface area contributed by atoms with Crippen molar-refractivity contribution in [3.63, 3.8) is 0 Å². The quantitative estimate of drug-likeness (QED) is 0.375. The van der Waals surface area contributed by atoms with E-state index in [1.165, 1.54) is 18.2 Å². The maximum Gasteiger partial charge on any atom is 0.123 e. The van der Waals surface area contributed by atoms with Crippen LogP contribution in [0, 0.1) is 5.82 Å². The molecule has 1 aromatic rings. The van der Waals surface area contributed by atoms with Crippen LogP contribution >= 0.6 is 0 Å². The Hall–Kier alpha value is -2.24. The summed E-state index contributed by atoms with van der Waals surface area (Å²) in [6.45, 7) is 1.14. The standard InChI is InChI=1S/C10H9FN2O3/c1-6(10(15)16)12-13-9(14)7-3-2-4-8(11)5-7/h2-5H,1H3,(H,13,14)(H,15,16)/p-2/b12-6-. The first-order chi connectivity index (χ1) is 7.50. The number of halogens is 1. The van der Waals surface area contributed by atoms with Gasteiger partial charge in [0.1, 0.15) is 5.82 Å². The van der Waals surface area contributed by atoms with E-state index in [0.29, 0.717) is 0 Å². The molecule has 0 amide bonds. The van der Waals surface area contributed by atoms with Gasteiger partial charge in [-0.15, -0.1) is 0 Å². The SMILES string of the molecule is C/C(=N/N=C([O-])c1cccc(F)c1)C(=O)[O-]. The fourth-order valence-corrected chi connectivity index (χ4v) is 0.840. The van der Waals surface area contributed by atoms with Crippen LogP contribution in [0.5, 0.6) is 0 Å². The molecule has 0 aromatic heterocycles. The zero-order valence-corrected chi connectivity index (χ0v) is 8.31. The van der Waals surface area contributed by atoms with Crippen molar-refractivity contribution in [2.75, 3.05) is 0 Å². The number of aliphatic carboxylic acids is 1. The fourth-order valence-electron chi connectivity index (χ4n) is 0.840. The molecule has 0 radical (unpaired) electrons. The highest BCUT2D eigenvalue weighted by atomic mass is 19.1. The molecule has 0 atom stereocenters. The van der Waals surface area contributed by atoms with Crippen molar-refractivity contribution >= 4 is 17.6 Å². The van der Waals surface area contributed by atoms with E-state index in [4.69, 9.17) is 0 Å². The number of hydrogen-bond acceptors (Lipinski definition) is 5. The van der Waals surface area contributed by atoms with Gasteiger partial charge < -0.3 is 15.0 Å². The van der Waals surface area contributed by atoms with Crippen molar-refractivity contribution in [2.24, 2.45) is 10.2 Å². The van der Waals surface area contributed by atoms with Crippen LogP contribution in [-0.2, 0) is 4.79 Å². The lowest BCUT2D eigenvalue weighted by Gasteiger charge is -2.08. The number of carboxylic acids is 1. The molecule has 0 aliphatic heterocycles. The molecule has 0 spiro atoms. The van der Waals surface area contributed by atoms with Gasteiger partial charge in [-0.25, -0.2) is 4.39 Å². The third-order valence-corrected chi connectivity index (χ3v) is 1.66. The third-order valence-electron chi connectivity index (χ3n) is 1.66. The molecule has 0 N–H and O–H groups in total. The predicted molar refractivity (Wildman–Crippen MR) is 51.1 cm³/mol. The topological polar surface area (TPSA) is 87.9 Å². The van der Waals surface area contributed by atoms with Gasteiger partial charge in [-0.3, -0.25) is 0 Å². The highest BCUT2D eigenvalue weighted by Crippen LogP contribution is 2.02. The summed E-state index contributed by atoms with van der Waals surface area (Å²) >= 11 is 0. The second kappa shape index (κ2) is 5.01. The van der Waals surface area contributed by atoms with Crippen molar-refractivity contribution < 1.29 is 19.4 Å². The van der Waals surface area contributed by atoms with Gasteiger partial charge in [0.25, 0.3) is 0 Å². The summed E-state index contributed by atoms with van der Waals surface area (Å²) in [6, 6.07) is 4.84. The lowest BCUT2D eigenvalue weighted by atomic mass is 10.2. The number of nitrogens with zero attached hydrogens (tertiary/aromatic N) is 2. The van der Waals surface area contributed by atoms with Crippen molar-refractivity contribution in [2.45, 2.75) is 6.92 Å². The minimum atomic E-state index is -1.52. The van der Waals surface area contributed by atoms with Crippen LogP contribution in [0.2, 0.25) is 0 Å². The first-order valence-electron chi connectivity index (χ1n) is 4.27. The zero-order valence-electron chi connectivity index (χ0n) is 8.31. The molecular weight excluding hydrogens is 215 g/mol. The largest absolute Gasteiger partial charge is 0.857 e. The highest BCUT2D eigenvalue weighted by Gasteiger charge is 1.95. The Morgan fingerprint density at radius 3 is 2.56 bits per heavy atom. The molecule has 0 fully saturated rings. The van der Waals surface area contributed by atoms with Gasteiger partial charge in [0.2, 0.25) is 0 Å². The monoisotopic (exact) mass is 222 g/mol. The molecule has 0 unspecified atom stereocenters. The number of carboxylic acid groups (broad SMARTS) is 1. The Labute approximate surface area is 90.6 Å². The molecule has 0 aliphatic carbocycles. The normalized spacial score (nSPS) is 12.6. The van der Waals surface area contributed by atoms with Gasteiger partial charge in [0, 0.05) is 5.90 Å². The molecule has 0 saturated heterocycles. The van der Waals surface area contributed by atoms with Gasteiger partial charge >= 0.3 is 0 Å². The van der Waals surface area contributed by atoms with Gasteiger partial charge in [-0.2, -0.15) is 10.2 Å². The second-order valence-electron chi connectivity index (χ2n) is 2.89. The van der Waals surface area contributed by atoms with E-state index < -0.39 is 23.4 Å². The van der Waals surface area contributed by atoms with Gasteiger partial charge in [-0.05, 0) is 24.6 Å². The number of rotatable bonds is 3. The number of carbonyl (C=O) groups excluding carboxylic acids is 1. The van der Waals surface area contributed by atoms with Crippen LogP contribution in [0.3, 0.4) is 0 Å². The maximum atomic E-state index is 12.7. The third kappa shape index (κ3) is 3.16. The van der Waals surface area contributed by atoms with E-state index in [0.717, 1.165) is 13.0 Å². The predicted octanol–water partition coefficient (Wildman–Crippen LogP) is -0.942. The minimum absolute atomic E-state index is 0.00472. The van der Waals surface area contributed by atoms with Gasteiger partial charge in [0.15, 0.2) is 0 Å². The van der Waals surface area contributed by atoms with Crippen LogP contribution in [0.1, 0.15) is 12.5 Å². The summed E-state index contributed by atoms with van der Waals surface area (Å²) in [7, 11) is 0. The molecule has 16 heavy (non-hydrogen) atoms. The molecule has 0 aliphatic rings. The van der Waals surface area contributed by atoms with E-state index in [1.807, 2.05) is 0 Å². The first kappa shape index (κ1) is 11.8. The van der Waals surface area contributed by atoms with Crippen molar-refractivity contribution in [3.05, 3.63) is 35.6 Å². The van der Waals surface area contributed by atoms with Gasteiger partial charge in [-0.1, -0.05) is 12.1 Å².